The maximum Gasteiger partial charge on any atom is 0.298 e. The van der Waals surface area contributed by atoms with Crippen LogP contribution in [0.3, 0.4) is 0 Å². The summed E-state index contributed by atoms with van der Waals surface area (Å²) in [6, 6.07) is 15.6. The number of fused-ring (bicyclic) bond motifs is 1. The summed E-state index contributed by atoms with van der Waals surface area (Å²) in [7, 11) is -4.06. The number of aliphatic imine (C=N–C) groups is 1. The van der Waals surface area contributed by atoms with Crippen molar-refractivity contribution in [2.75, 3.05) is 31.6 Å². The molecule has 0 amide bonds. The minimum atomic E-state index is -4.06. The molecule has 5 rings (SSSR count). The molecule has 2 aromatic heterocycles. The Kier molecular flexibility index (Phi) is 6.95. The van der Waals surface area contributed by atoms with E-state index in [0.717, 1.165) is 49.4 Å². The van der Waals surface area contributed by atoms with Crippen LogP contribution in [-0.2, 0) is 28.0 Å². The van der Waals surface area contributed by atoms with Gasteiger partial charge in [0.1, 0.15) is 5.69 Å². The van der Waals surface area contributed by atoms with Crippen molar-refractivity contribution in [3.8, 4) is 11.5 Å². The Morgan fingerprint density at radius 2 is 1.94 bits per heavy atom. The van der Waals surface area contributed by atoms with Crippen LogP contribution in [0, 0.1) is 0 Å². The lowest BCUT2D eigenvalue weighted by Crippen LogP contribution is -2.40. The smallest absolute Gasteiger partial charge is 0.298 e. The number of nitrogens with two attached hydrogens (primary N) is 1. The van der Waals surface area contributed by atoms with Gasteiger partial charge in [-0.05, 0) is 23.3 Å². The third-order valence-electron chi connectivity index (χ3n) is 5.69. The van der Waals surface area contributed by atoms with E-state index < -0.39 is 10.2 Å². The molecule has 6 N–H and O–H groups in total. The maximum absolute atomic E-state index is 11.7. The normalized spacial score (nSPS) is 15.3. The molecule has 0 bridgehead atoms. The fourth-order valence-electron chi connectivity index (χ4n) is 3.97. The van der Waals surface area contributed by atoms with Crippen molar-refractivity contribution in [2.45, 2.75) is 13.1 Å². The zero-order chi connectivity index (χ0) is 25.0. The van der Waals surface area contributed by atoms with Gasteiger partial charge < -0.3 is 15.0 Å². The average Bonchev–Trinajstić information content (AvgIpc) is 3.49. The molecule has 0 saturated carbocycles. The van der Waals surface area contributed by atoms with Crippen molar-refractivity contribution in [3.05, 3.63) is 65.9 Å². The molecule has 3 heterocycles. The predicted molar refractivity (Wildman–Crippen MR) is 137 cm³/mol. The molecule has 1 saturated heterocycles. The lowest BCUT2D eigenvalue weighted by molar-refractivity contribution is 0.0342. The Morgan fingerprint density at radius 3 is 2.72 bits per heavy atom. The van der Waals surface area contributed by atoms with E-state index >= 15 is 0 Å². The molecule has 0 aliphatic carbocycles. The second-order valence-electron chi connectivity index (χ2n) is 8.41. The van der Waals surface area contributed by atoms with Crippen LogP contribution < -0.4 is 15.2 Å². The Labute approximate surface area is 208 Å². The molecule has 1 aliphatic rings. The van der Waals surface area contributed by atoms with Gasteiger partial charge in [-0.1, -0.05) is 36.4 Å². The molecule has 12 nitrogen and oxygen atoms in total. The van der Waals surface area contributed by atoms with Crippen LogP contribution in [0.2, 0.25) is 0 Å². The topological polar surface area (TPSA) is 166 Å². The zero-order valence-electron chi connectivity index (χ0n) is 19.4. The highest BCUT2D eigenvalue weighted by Crippen LogP contribution is 2.26. The van der Waals surface area contributed by atoms with Gasteiger partial charge in [0.15, 0.2) is 5.82 Å². The molecular weight excluding hydrogens is 482 g/mol. The number of aromatic amines is 2. The summed E-state index contributed by atoms with van der Waals surface area (Å²) in [6.07, 6.45) is 1.52. The van der Waals surface area contributed by atoms with Gasteiger partial charge >= 0.3 is 0 Å². The van der Waals surface area contributed by atoms with Gasteiger partial charge in [-0.25, -0.2) is 19.8 Å². The number of aromatic nitrogens is 4. The highest BCUT2D eigenvalue weighted by Gasteiger charge is 2.17. The number of anilines is 1. The maximum atomic E-state index is 11.7. The van der Waals surface area contributed by atoms with Crippen LogP contribution >= 0.6 is 0 Å². The number of nitrogens with one attached hydrogen (secondary N) is 4. The number of imidazole rings is 1. The third-order valence-corrected chi connectivity index (χ3v) is 6.16. The van der Waals surface area contributed by atoms with Gasteiger partial charge in [0, 0.05) is 19.6 Å². The third kappa shape index (κ3) is 6.07. The van der Waals surface area contributed by atoms with E-state index in [-0.39, 0.29) is 12.5 Å². The summed E-state index contributed by atoms with van der Waals surface area (Å²) in [5, 5.41) is 15.2. The molecular formula is C23H27N9O3S. The first kappa shape index (κ1) is 23.9. The van der Waals surface area contributed by atoms with Gasteiger partial charge in [0.25, 0.3) is 10.2 Å². The van der Waals surface area contributed by atoms with Crippen LogP contribution in [0.4, 0.5) is 5.69 Å². The summed E-state index contributed by atoms with van der Waals surface area (Å²) < 4.78 is 31.1. The van der Waals surface area contributed by atoms with Gasteiger partial charge in [0.2, 0.25) is 5.96 Å². The predicted octanol–water partition coefficient (Wildman–Crippen LogP) is 1.55. The van der Waals surface area contributed by atoms with Gasteiger partial charge in [-0.2, -0.15) is 13.5 Å². The van der Waals surface area contributed by atoms with Crippen molar-refractivity contribution in [1.82, 2.24) is 29.8 Å². The fourth-order valence-corrected chi connectivity index (χ4v) is 4.35. The fraction of sp³-hybridized carbons (Fsp3) is 0.261. The van der Waals surface area contributed by atoms with Crippen molar-refractivity contribution in [3.63, 3.8) is 0 Å². The second kappa shape index (κ2) is 10.5. The summed E-state index contributed by atoms with van der Waals surface area (Å²) in [5.74, 6) is 0.513. The highest BCUT2D eigenvalue weighted by atomic mass is 32.2. The molecule has 4 aromatic rings. The molecule has 0 atom stereocenters. The Morgan fingerprint density at radius 1 is 1.14 bits per heavy atom. The number of hydrogen-bond acceptors (Lipinski definition) is 7. The van der Waals surface area contributed by atoms with Crippen LogP contribution in [0.15, 0.2) is 59.7 Å². The summed E-state index contributed by atoms with van der Waals surface area (Å²) in [6.45, 7) is 4.42. The quantitative estimate of drug-likeness (QED) is 0.186. The monoisotopic (exact) mass is 509 g/mol. The van der Waals surface area contributed by atoms with Crippen molar-refractivity contribution < 1.29 is 13.2 Å². The summed E-state index contributed by atoms with van der Waals surface area (Å²) in [4.78, 5) is 14.7. The first-order chi connectivity index (χ1) is 17.4. The van der Waals surface area contributed by atoms with Gasteiger partial charge in [-0.3, -0.25) is 10.00 Å². The molecule has 1 aliphatic heterocycles. The lowest BCUT2D eigenvalue weighted by atomic mass is 10.2. The van der Waals surface area contributed by atoms with E-state index in [9.17, 15) is 8.42 Å². The molecule has 1 fully saturated rings. The molecule has 0 unspecified atom stereocenters. The molecule has 36 heavy (non-hydrogen) atoms. The minimum absolute atomic E-state index is 0.0343. The van der Waals surface area contributed by atoms with Gasteiger partial charge in [0.05, 0.1) is 42.7 Å². The molecule has 13 heteroatoms. The van der Waals surface area contributed by atoms with Crippen molar-refractivity contribution in [1.29, 1.82) is 0 Å². The first-order valence-corrected chi connectivity index (χ1v) is 13.0. The second-order valence-corrected chi connectivity index (χ2v) is 9.70. The largest absolute Gasteiger partial charge is 0.379 e. The molecule has 2 aromatic carbocycles. The Bertz CT molecular complexity index is 1460. The number of rotatable bonds is 7. The van der Waals surface area contributed by atoms with Crippen molar-refractivity contribution >= 4 is 32.9 Å². The van der Waals surface area contributed by atoms with E-state index in [0.29, 0.717) is 17.2 Å². The summed E-state index contributed by atoms with van der Waals surface area (Å²) in [5.41, 5.74) is 4.80. The van der Waals surface area contributed by atoms with Crippen molar-refractivity contribution in [2.24, 2.45) is 10.1 Å². The standard InChI is InChI=1S/C23H27N9O3S/c24-36(33,34)31-23(25-13-16-4-2-1-3-5-16)29-20-14-26-30-21(20)22-27-18-7-6-17(12-19(18)28-22)15-32-8-10-35-11-9-32/h1-7,12,14H,8-11,13,15H2,(H,26,30)(H,27,28)(H2,24,33,34)(H2,25,29,31). The average molecular weight is 510 g/mol. The van der Waals surface area contributed by atoms with E-state index in [4.69, 9.17) is 9.88 Å². The number of guanidine groups is 1. The highest BCUT2D eigenvalue weighted by molar-refractivity contribution is 7.87. The van der Waals surface area contributed by atoms with E-state index in [1.54, 1.807) is 0 Å². The van der Waals surface area contributed by atoms with Crippen LogP contribution in [0.25, 0.3) is 22.6 Å². The van der Waals surface area contributed by atoms with Crippen LogP contribution in [0.5, 0.6) is 0 Å². The number of morpholine rings is 1. The number of ether oxygens (including phenoxy) is 1. The number of hydrogen-bond donors (Lipinski definition) is 5. The first-order valence-electron chi connectivity index (χ1n) is 11.4. The Balaban J connectivity index is 1.37. The van der Waals surface area contributed by atoms with E-state index in [1.165, 1.54) is 11.8 Å². The van der Waals surface area contributed by atoms with Gasteiger partial charge in [-0.15, -0.1) is 0 Å². The molecule has 0 spiro atoms. The summed E-state index contributed by atoms with van der Waals surface area (Å²) >= 11 is 0. The number of benzene rings is 2. The Hall–Kier alpha value is -3.78. The molecule has 188 valence electrons. The SMILES string of the molecule is NS(=O)(=O)NC(=NCc1ccccc1)Nc1cn[nH]c1-c1nc2ccc(CN3CCOCC3)cc2[nH]1. The molecule has 0 radical (unpaired) electrons. The minimum Gasteiger partial charge on any atom is -0.379 e. The number of nitrogens with zero attached hydrogens (tertiary/aromatic N) is 4. The van der Waals surface area contributed by atoms with Crippen LogP contribution in [-0.4, -0.2) is 65.7 Å². The zero-order valence-corrected chi connectivity index (χ0v) is 20.3. The van der Waals surface area contributed by atoms with Crippen LogP contribution in [0.1, 0.15) is 11.1 Å². The number of H-pyrrole nitrogens is 2. The van der Waals surface area contributed by atoms with E-state index in [1.807, 2.05) is 36.4 Å². The van der Waals surface area contributed by atoms with E-state index in [2.05, 4.69) is 52.2 Å². The lowest BCUT2D eigenvalue weighted by Gasteiger charge is -2.26.